The predicted molar refractivity (Wildman–Crippen MR) is 343 cm³/mol. The SMILES string of the molecule is CC/C=C\C/C=C\C/C=C\C/C=C\C/C=C\C/C=C\C/C=C\C/C=C\C/C=C\C/C=C\C/C=C\C/C=C\CCCCC(=O)OC(CO)COC(=O)CCCCCCCCCCCC/C=C\C/C=C\C/C=C\CCCCCCC. The molecule has 1 atom stereocenters. The molecule has 5 heteroatoms. The molecule has 0 fully saturated rings. The number of hydrogen-bond donors (Lipinski definition) is 1. The molecule has 1 N–H and O–H groups in total. The number of ether oxygens (including phenoxy) is 2. The van der Waals surface area contributed by atoms with E-state index in [0.29, 0.717) is 12.8 Å². The molecule has 0 aromatic carbocycles. The van der Waals surface area contributed by atoms with Crippen molar-refractivity contribution in [2.45, 2.75) is 251 Å². The minimum absolute atomic E-state index is 0.0974. The van der Waals surface area contributed by atoms with Gasteiger partial charge in [-0.25, -0.2) is 0 Å². The molecule has 78 heavy (non-hydrogen) atoms. The molecule has 0 aliphatic heterocycles. The van der Waals surface area contributed by atoms with Crippen LogP contribution in [0, 0.1) is 0 Å². The van der Waals surface area contributed by atoms with Crippen molar-refractivity contribution in [3.63, 3.8) is 0 Å². The number of aliphatic hydroxyl groups is 1. The van der Waals surface area contributed by atoms with Crippen LogP contribution in [0.2, 0.25) is 0 Å². The fourth-order valence-corrected chi connectivity index (χ4v) is 8.01. The van der Waals surface area contributed by atoms with Gasteiger partial charge in [0.25, 0.3) is 0 Å². The first kappa shape index (κ1) is 73.0. The average molecular weight is 1070 g/mol. The molecule has 0 heterocycles. The van der Waals surface area contributed by atoms with Crippen LogP contribution in [0.5, 0.6) is 0 Å². The lowest BCUT2D eigenvalue weighted by Gasteiger charge is -2.15. The lowest BCUT2D eigenvalue weighted by molar-refractivity contribution is -0.161. The molecule has 0 spiro atoms. The minimum Gasteiger partial charge on any atom is -0.462 e. The van der Waals surface area contributed by atoms with Crippen molar-refractivity contribution in [1.82, 2.24) is 0 Å². The second-order valence-electron chi connectivity index (χ2n) is 20.0. The Morgan fingerprint density at radius 3 is 0.859 bits per heavy atom. The van der Waals surface area contributed by atoms with Crippen molar-refractivity contribution in [2.75, 3.05) is 13.2 Å². The van der Waals surface area contributed by atoms with Crippen LogP contribution in [0.3, 0.4) is 0 Å². The molecule has 0 rings (SSSR count). The molecule has 0 aromatic heterocycles. The number of carbonyl (C=O) groups is 2. The van der Waals surface area contributed by atoms with Gasteiger partial charge < -0.3 is 14.6 Å². The summed E-state index contributed by atoms with van der Waals surface area (Å²) in [7, 11) is 0. The highest BCUT2D eigenvalue weighted by molar-refractivity contribution is 5.70. The third-order valence-electron chi connectivity index (χ3n) is 12.7. The molecule has 0 amide bonds. The van der Waals surface area contributed by atoms with Crippen LogP contribution in [0.1, 0.15) is 245 Å². The summed E-state index contributed by atoms with van der Waals surface area (Å²) in [6, 6.07) is 0. The average Bonchev–Trinajstić information content (AvgIpc) is 3.44. The summed E-state index contributed by atoms with van der Waals surface area (Å²) in [4.78, 5) is 24.6. The highest BCUT2D eigenvalue weighted by atomic mass is 16.6. The number of aliphatic hydroxyl groups excluding tert-OH is 1. The smallest absolute Gasteiger partial charge is 0.306 e. The molecule has 0 aromatic rings. The van der Waals surface area contributed by atoms with Gasteiger partial charge in [0.15, 0.2) is 6.10 Å². The second kappa shape index (κ2) is 66.3. The van der Waals surface area contributed by atoms with Gasteiger partial charge >= 0.3 is 11.9 Å². The lowest BCUT2D eigenvalue weighted by atomic mass is 10.1. The van der Waals surface area contributed by atoms with Gasteiger partial charge in [0.05, 0.1) is 6.61 Å². The Hall–Kier alpha value is -5.00. The van der Waals surface area contributed by atoms with Crippen LogP contribution in [-0.4, -0.2) is 36.4 Å². The van der Waals surface area contributed by atoms with E-state index in [0.717, 1.165) is 122 Å². The molecule has 0 radical (unpaired) electrons. The molecule has 0 saturated carbocycles. The third-order valence-corrected chi connectivity index (χ3v) is 12.7. The molecule has 436 valence electrons. The van der Waals surface area contributed by atoms with E-state index in [1.165, 1.54) is 89.9 Å². The standard InChI is InChI=1S/C73H114O5/c1-3-5-7-9-11-13-15-17-19-21-23-25-27-29-30-31-32-33-34-35-36-37-38-39-40-41-42-44-46-48-50-52-54-56-58-60-62-64-66-68-73(76)78-71(69-74)70-77-72(75)67-65-63-61-59-57-55-53-51-49-47-45-43-28-26-24-22-20-18-16-14-12-10-8-6-4-2/h5,7,11,13,16-19,22-25,28-30,32-33,35-36,38-39,41-43,46,48,52,54,58,60,71,74H,3-4,6,8-10,12,14-15,20-21,26-27,31,34,37,40,44-45,47,49-51,53,55-57,59,61-70H2,1-2H3/b7-5-,13-11-,18-16-,19-17-,24-22-,25-23-,30-29-,33-32-,36-35-,39-38-,42-41-,43-28-,48-46-,54-52-,60-58-. The zero-order valence-corrected chi connectivity index (χ0v) is 49.8. The maximum absolute atomic E-state index is 12.3. The molecular formula is C73H114O5. The van der Waals surface area contributed by atoms with Crippen LogP contribution < -0.4 is 0 Å². The molecule has 0 aliphatic rings. The monoisotopic (exact) mass is 1070 g/mol. The van der Waals surface area contributed by atoms with Crippen LogP contribution in [0.4, 0.5) is 0 Å². The maximum atomic E-state index is 12.3. The topological polar surface area (TPSA) is 72.8 Å². The Kier molecular flexibility index (Phi) is 62.0. The summed E-state index contributed by atoms with van der Waals surface area (Å²) in [5.41, 5.74) is 0. The third kappa shape index (κ3) is 63.5. The minimum atomic E-state index is -0.812. The zero-order valence-electron chi connectivity index (χ0n) is 49.8. The second-order valence-corrected chi connectivity index (χ2v) is 20.0. The van der Waals surface area contributed by atoms with Crippen molar-refractivity contribution >= 4 is 11.9 Å². The van der Waals surface area contributed by atoms with Crippen molar-refractivity contribution in [1.29, 1.82) is 0 Å². The van der Waals surface area contributed by atoms with Crippen molar-refractivity contribution in [3.05, 3.63) is 182 Å². The van der Waals surface area contributed by atoms with E-state index in [1.54, 1.807) is 0 Å². The number of carbonyl (C=O) groups excluding carboxylic acids is 2. The summed E-state index contributed by atoms with van der Waals surface area (Å²) in [6.45, 7) is 3.97. The predicted octanol–water partition coefficient (Wildman–Crippen LogP) is 21.9. The van der Waals surface area contributed by atoms with Crippen molar-refractivity contribution in [2.24, 2.45) is 0 Å². The van der Waals surface area contributed by atoms with E-state index in [4.69, 9.17) is 9.47 Å². The van der Waals surface area contributed by atoms with E-state index < -0.39 is 6.10 Å². The molecule has 1 unspecified atom stereocenters. The number of rotatable bonds is 55. The van der Waals surface area contributed by atoms with E-state index in [2.05, 4.69) is 196 Å². The largest absolute Gasteiger partial charge is 0.462 e. The van der Waals surface area contributed by atoms with Crippen LogP contribution in [0.15, 0.2) is 182 Å². The van der Waals surface area contributed by atoms with E-state index in [9.17, 15) is 14.7 Å². The van der Waals surface area contributed by atoms with E-state index in [1.807, 2.05) is 0 Å². The highest BCUT2D eigenvalue weighted by Gasteiger charge is 2.16. The fraction of sp³-hybridized carbons (Fsp3) is 0.562. The molecule has 5 nitrogen and oxygen atoms in total. The van der Waals surface area contributed by atoms with Crippen LogP contribution >= 0.6 is 0 Å². The number of esters is 2. The zero-order chi connectivity index (χ0) is 56.2. The maximum Gasteiger partial charge on any atom is 0.306 e. The lowest BCUT2D eigenvalue weighted by Crippen LogP contribution is -2.28. The van der Waals surface area contributed by atoms with Gasteiger partial charge in [0, 0.05) is 12.8 Å². The van der Waals surface area contributed by atoms with E-state index in [-0.39, 0.29) is 31.6 Å². The Bertz CT molecular complexity index is 1780. The molecule has 0 aliphatic carbocycles. The summed E-state index contributed by atoms with van der Waals surface area (Å²) in [6.07, 6.45) is 104. The summed E-state index contributed by atoms with van der Waals surface area (Å²) < 4.78 is 10.7. The summed E-state index contributed by atoms with van der Waals surface area (Å²) >= 11 is 0. The summed E-state index contributed by atoms with van der Waals surface area (Å²) in [5, 5.41) is 9.67. The van der Waals surface area contributed by atoms with Gasteiger partial charge in [-0.3, -0.25) is 9.59 Å². The van der Waals surface area contributed by atoms with Gasteiger partial charge in [-0.1, -0.05) is 273 Å². The van der Waals surface area contributed by atoms with Crippen LogP contribution in [-0.2, 0) is 19.1 Å². The first-order valence-corrected chi connectivity index (χ1v) is 31.3. The molecule has 0 bridgehead atoms. The van der Waals surface area contributed by atoms with Crippen LogP contribution in [0.25, 0.3) is 0 Å². The number of unbranched alkanes of at least 4 members (excludes halogenated alkanes) is 17. The quantitative estimate of drug-likeness (QED) is 0.0373. The Balaban J connectivity index is 3.69. The Labute approximate surface area is 480 Å². The van der Waals surface area contributed by atoms with Crippen molar-refractivity contribution < 1.29 is 24.2 Å². The fourth-order valence-electron chi connectivity index (χ4n) is 8.01. The van der Waals surface area contributed by atoms with Gasteiger partial charge in [-0.05, 0) is 141 Å². The van der Waals surface area contributed by atoms with Gasteiger partial charge in [0.1, 0.15) is 6.61 Å². The Morgan fingerprint density at radius 1 is 0.308 bits per heavy atom. The van der Waals surface area contributed by atoms with Gasteiger partial charge in [0.2, 0.25) is 0 Å². The number of allylic oxidation sites excluding steroid dienone is 30. The normalized spacial score (nSPS) is 13.5. The Morgan fingerprint density at radius 2 is 0.551 bits per heavy atom. The molecule has 0 saturated heterocycles. The van der Waals surface area contributed by atoms with E-state index >= 15 is 0 Å². The van der Waals surface area contributed by atoms with Crippen molar-refractivity contribution in [3.8, 4) is 0 Å². The van der Waals surface area contributed by atoms with Gasteiger partial charge in [-0.2, -0.15) is 0 Å². The summed E-state index contributed by atoms with van der Waals surface area (Å²) in [5.74, 6) is -0.658. The first-order chi connectivity index (χ1) is 38.6. The van der Waals surface area contributed by atoms with Gasteiger partial charge in [-0.15, -0.1) is 0 Å². The first-order valence-electron chi connectivity index (χ1n) is 31.3. The molecular weight excluding hydrogens is 957 g/mol. The highest BCUT2D eigenvalue weighted by Crippen LogP contribution is 2.14. The number of hydrogen-bond acceptors (Lipinski definition) is 5.